The molecule has 0 unspecified atom stereocenters. The molecule has 112 valence electrons. The first kappa shape index (κ1) is 14.6. The summed E-state index contributed by atoms with van der Waals surface area (Å²) < 4.78 is 32.1. The molecule has 0 aliphatic rings. The van der Waals surface area contributed by atoms with E-state index in [9.17, 15) is 8.42 Å². The van der Waals surface area contributed by atoms with E-state index < -0.39 is 10.0 Å². The highest BCUT2D eigenvalue weighted by Crippen LogP contribution is 2.34. The minimum Gasteiger partial charge on any atom is -0.341 e. The molecule has 1 N–H and O–H groups in total. The van der Waals surface area contributed by atoms with Crippen LogP contribution in [0, 0.1) is 0 Å². The van der Waals surface area contributed by atoms with Gasteiger partial charge in [0.2, 0.25) is 0 Å². The molecule has 22 heavy (non-hydrogen) atoms. The van der Waals surface area contributed by atoms with Crippen molar-refractivity contribution in [3.63, 3.8) is 0 Å². The molecule has 3 rings (SSSR count). The van der Waals surface area contributed by atoms with E-state index in [1.807, 2.05) is 18.2 Å². The van der Waals surface area contributed by atoms with Crippen LogP contribution in [-0.4, -0.2) is 13.6 Å². The lowest BCUT2D eigenvalue weighted by Gasteiger charge is -2.07. The van der Waals surface area contributed by atoms with E-state index in [0.717, 1.165) is 0 Å². The summed E-state index contributed by atoms with van der Waals surface area (Å²) in [5.41, 5.74) is 1.16. The summed E-state index contributed by atoms with van der Waals surface area (Å²) in [5, 5.41) is 3.72. The maximum Gasteiger partial charge on any atom is 0.262 e. The molecule has 0 aliphatic carbocycles. The van der Waals surface area contributed by atoms with Crippen molar-refractivity contribution in [3.8, 4) is 11.3 Å². The number of nitrogens with zero attached hydrogens (tertiary/aromatic N) is 1. The molecular weight excluding hydrogens is 324 g/mol. The molecule has 0 bridgehead atoms. The average molecular weight is 335 g/mol. The third kappa shape index (κ3) is 2.84. The molecule has 1 aromatic heterocycles. The minimum atomic E-state index is -3.77. The predicted molar refractivity (Wildman–Crippen MR) is 84.2 cm³/mol. The third-order valence-corrected chi connectivity index (χ3v) is 4.61. The largest absolute Gasteiger partial charge is 0.341 e. The van der Waals surface area contributed by atoms with Crippen LogP contribution in [0.4, 0.5) is 5.69 Å². The van der Waals surface area contributed by atoms with Gasteiger partial charge in [0.05, 0.1) is 4.90 Å². The van der Waals surface area contributed by atoms with Crippen molar-refractivity contribution >= 4 is 27.3 Å². The summed E-state index contributed by atoms with van der Waals surface area (Å²) in [7, 11) is -3.77. The summed E-state index contributed by atoms with van der Waals surface area (Å²) in [6.45, 7) is 0. The van der Waals surface area contributed by atoms with Crippen LogP contribution < -0.4 is 4.72 Å². The fourth-order valence-corrected chi connectivity index (χ4v) is 3.26. The molecule has 0 saturated carbocycles. The van der Waals surface area contributed by atoms with Crippen molar-refractivity contribution in [1.29, 1.82) is 0 Å². The smallest absolute Gasteiger partial charge is 0.262 e. The van der Waals surface area contributed by atoms with Crippen LogP contribution in [0.2, 0.25) is 5.22 Å². The highest BCUT2D eigenvalue weighted by molar-refractivity contribution is 7.92. The van der Waals surface area contributed by atoms with Gasteiger partial charge in [0.25, 0.3) is 15.2 Å². The Morgan fingerprint density at radius 1 is 0.955 bits per heavy atom. The fraction of sp³-hybridized carbons (Fsp3) is 0. The maximum atomic E-state index is 12.4. The van der Waals surface area contributed by atoms with Crippen molar-refractivity contribution < 1.29 is 12.9 Å². The Morgan fingerprint density at radius 2 is 1.55 bits per heavy atom. The van der Waals surface area contributed by atoms with E-state index in [1.54, 1.807) is 30.3 Å². The summed E-state index contributed by atoms with van der Waals surface area (Å²) in [6.07, 6.45) is 0. The van der Waals surface area contributed by atoms with Crippen LogP contribution in [0.15, 0.2) is 70.1 Å². The summed E-state index contributed by atoms with van der Waals surface area (Å²) in [6, 6.07) is 17.0. The minimum absolute atomic E-state index is 0.113. The molecule has 0 saturated heterocycles. The van der Waals surface area contributed by atoms with Gasteiger partial charge in [-0.3, -0.25) is 4.72 Å². The number of anilines is 1. The number of halogens is 1. The highest BCUT2D eigenvalue weighted by Gasteiger charge is 2.22. The molecular formula is C15H11ClN2O3S. The van der Waals surface area contributed by atoms with Gasteiger partial charge in [0.15, 0.2) is 0 Å². The monoisotopic (exact) mass is 334 g/mol. The molecule has 0 aliphatic heterocycles. The first-order valence-electron chi connectivity index (χ1n) is 6.36. The van der Waals surface area contributed by atoms with Crippen molar-refractivity contribution in [2.24, 2.45) is 0 Å². The van der Waals surface area contributed by atoms with Gasteiger partial charge in [-0.05, 0) is 23.7 Å². The Bertz CT molecular complexity index is 878. The number of rotatable bonds is 4. The highest BCUT2D eigenvalue weighted by atomic mass is 35.5. The quantitative estimate of drug-likeness (QED) is 0.787. The topological polar surface area (TPSA) is 72.2 Å². The predicted octanol–water partition coefficient (Wildman–Crippen LogP) is 3.80. The van der Waals surface area contributed by atoms with Crippen LogP contribution in [0.3, 0.4) is 0 Å². The second-order valence-electron chi connectivity index (χ2n) is 4.46. The van der Waals surface area contributed by atoms with Gasteiger partial charge in [-0.15, -0.1) is 0 Å². The molecule has 0 fully saturated rings. The fourth-order valence-electron chi connectivity index (χ4n) is 1.94. The van der Waals surface area contributed by atoms with Crippen LogP contribution >= 0.6 is 11.6 Å². The van der Waals surface area contributed by atoms with Gasteiger partial charge < -0.3 is 4.52 Å². The Morgan fingerprint density at radius 3 is 2.18 bits per heavy atom. The molecule has 0 atom stereocenters. The second-order valence-corrected chi connectivity index (χ2v) is 6.49. The molecule has 1 heterocycles. The zero-order valence-electron chi connectivity index (χ0n) is 11.2. The van der Waals surface area contributed by atoms with Crippen molar-refractivity contribution in [2.75, 3.05) is 4.72 Å². The van der Waals surface area contributed by atoms with Gasteiger partial charge in [0, 0.05) is 5.56 Å². The van der Waals surface area contributed by atoms with E-state index in [1.165, 1.54) is 12.1 Å². The average Bonchev–Trinajstić information content (AvgIpc) is 2.90. The van der Waals surface area contributed by atoms with E-state index in [-0.39, 0.29) is 15.8 Å². The number of sulfonamides is 1. The number of hydrogen-bond acceptors (Lipinski definition) is 4. The number of aromatic nitrogens is 1. The molecule has 0 amide bonds. The van der Waals surface area contributed by atoms with Crippen LogP contribution in [-0.2, 0) is 10.0 Å². The van der Waals surface area contributed by atoms with E-state index in [2.05, 4.69) is 9.88 Å². The standard InChI is InChI=1S/C15H11ClN2O3S/c16-15-14(13(17-21-15)11-7-3-1-4-8-11)18-22(19,20)12-9-5-2-6-10-12/h1-10,18H. The SMILES string of the molecule is O=S(=O)(Nc1c(-c2ccccc2)noc1Cl)c1ccccc1. The van der Waals surface area contributed by atoms with Gasteiger partial charge >= 0.3 is 0 Å². The molecule has 5 nitrogen and oxygen atoms in total. The molecule has 2 aromatic carbocycles. The van der Waals surface area contributed by atoms with E-state index >= 15 is 0 Å². The Balaban J connectivity index is 2.02. The Labute approximate surface area is 132 Å². The third-order valence-electron chi connectivity index (χ3n) is 2.99. The Hall–Kier alpha value is -2.31. The van der Waals surface area contributed by atoms with Crippen LogP contribution in [0.25, 0.3) is 11.3 Å². The van der Waals surface area contributed by atoms with E-state index in [4.69, 9.17) is 16.1 Å². The summed E-state index contributed by atoms with van der Waals surface area (Å²) in [4.78, 5) is 0.131. The maximum absolute atomic E-state index is 12.4. The molecule has 3 aromatic rings. The van der Waals surface area contributed by atoms with Crippen LogP contribution in [0.1, 0.15) is 0 Å². The van der Waals surface area contributed by atoms with Crippen molar-refractivity contribution in [1.82, 2.24) is 5.16 Å². The zero-order valence-corrected chi connectivity index (χ0v) is 12.8. The van der Waals surface area contributed by atoms with Gasteiger partial charge in [-0.25, -0.2) is 8.42 Å². The first-order chi connectivity index (χ1) is 10.6. The first-order valence-corrected chi connectivity index (χ1v) is 8.22. The lowest BCUT2D eigenvalue weighted by Crippen LogP contribution is -2.13. The normalized spacial score (nSPS) is 11.3. The van der Waals surface area contributed by atoms with Gasteiger partial charge in [-0.1, -0.05) is 53.7 Å². The lowest BCUT2D eigenvalue weighted by molar-refractivity contribution is 0.424. The summed E-state index contributed by atoms with van der Waals surface area (Å²) >= 11 is 5.93. The number of hydrogen-bond donors (Lipinski definition) is 1. The van der Waals surface area contributed by atoms with Gasteiger partial charge in [0.1, 0.15) is 11.4 Å². The number of nitrogens with one attached hydrogen (secondary N) is 1. The second kappa shape index (κ2) is 5.82. The summed E-state index contributed by atoms with van der Waals surface area (Å²) in [5.74, 6) is 0. The van der Waals surface area contributed by atoms with Crippen molar-refractivity contribution in [2.45, 2.75) is 4.90 Å². The molecule has 0 spiro atoms. The number of benzene rings is 2. The van der Waals surface area contributed by atoms with Crippen molar-refractivity contribution in [3.05, 3.63) is 65.9 Å². The molecule has 7 heteroatoms. The molecule has 0 radical (unpaired) electrons. The zero-order chi connectivity index (χ0) is 15.6. The lowest BCUT2D eigenvalue weighted by atomic mass is 10.1. The Kier molecular flexibility index (Phi) is 3.87. The van der Waals surface area contributed by atoms with E-state index in [0.29, 0.717) is 11.3 Å². The van der Waals surface area contributed by atoms with Crippen LogP contribution in [0.5, 0.6) is 0 Å². The van der Waals surface area contributed by atoms with Gasteiger partial charge in [-0.2, -0.15) is 0 Å².